The van der Waals surface area contributed by atoms with Crippen molar-refractivity contribution in [3.05, 3.63) is 0 Å². The molecule has 14 heavy (non-hydrogen) atoms. The van der Waals surface area contributed by atoms with Crippen molar-refractivity contribution >= 4 is 0 Å². The number of halogens is 8. The van der Waals surface area contributed by atoms with E-state index in [9.17, 15) is 35.1 Å². The highest BCUT2D eigenvalue weighted by atomic mass is 19.4. The molecular formula is C6H6F8. The second-order valence-electron chi connectivity index (χ2n) is 2.96. The fourth-order valence-corrected chi connectivity index (χ4v) is 0.590. The average molecular weight is 230 g/mol. The first-order chi connectivity index (χ1) is 5.75. The van der Waals surface area contributed by atoms with Crippen LogP contribution in [-0.2, 0) is 0 Å². The first-order valence-electron chi connectivity index (χ1n) is 3.26. The quantitative estimate of drug-likeness (QED) is 0.636. The molecule has 0 aromatic carbocycles. The molecule has 0 rings (SSSR count). The predicted molar refractivity (Wildman–Crippen MR) is 31.1 cm³/mol. The van der Waals surface area contributed by atoms with Crippen LogP contribution in [0.2, 0.25) is 0 Å². The lowest BCUT2D eigenvalue weighted by atomic mass is 9.94. The van der Waals surface area contributed by atoms with Crippen LogP contribution < -0.4 is 0 Å². The van der Waals surface area contributed by atoms with Crippen molar-refractivity contribution in [2.45, 2.75) is 37.5 Å². The molecule has 0 nitrogen and oxygen atoms in total. The first-order valence-corrected chi connectivity index (χ1v) is 3.26. The van der Waals surface area contributed by atoms with Gasteiger partial charge < -0.3 is 0 Å². The van der Waals surface area contributed by atoms with Gasteiger partial charge in [0.15, 0.2) is 0 Å². The molecule has 0 heterocycles. The molecule has 0 aliphatic carbocycles. The van der Waals surface area contributed by atoms with Crippen molar-refractivity contribution in [1.82, 2.24) is 0 Å². The van der Waals surface area contributed by atoms with Crippen molar-refractivity contribution in [3.8, 4) is 0 Å². The molecule has 1 unspecified atom stereocenters. The standard InChI is InChI=1S/C6H6F8/c1-3(7,6(12,13)14)5(10,11)4(2,8)9/h1-2H3. The molecule has 86 valence electrons. The van der Waals surface area contributed by atoms with Crippen molar-refractivity contribution < 1.29 is 35.1 Å². The summed E-state index contributed by atoms with van der Waals surface area (Å²) >= 11 is 0. The number of hydrogen-bond donors (Lipinski definition) is 0. The van der Waals surface area contributed by atoms with Crippen LogP contribution >= 0.6 is 0 Å². The molecule has 0 fully saturated rings. The van der Waals surface area contributed by atoms with E-state index in [1.165, 1.54) is 0 Å². The number of alkyl halides is 8. The molecule has 0 N–H and O–H groups in total. The van der Waals surface area contributed by atoms with Gasteiger partial charge in [-0.15, -0.1) is 0 Å². The highest BCUT2D eigenvalue weighted by Gasteiger charge is 2.75. The van der Waals surface area contributed by atoms with Crippen LogP contribution in [0.4, 0.5) is 35.1 Å². The maximum absolute atomic E-state index is 12.5. The van der Waals surface area contributed by atoms with Crippen LogP contribution in [0.15, 0.2) is 0 Å². The van der Waals surface area contributed by atoms with Gasteiger partial charge in [0.25, 0.3) is 5.67 Å². The van der Waals surface area contributed by atoms with Gasteiger partial charge >= 0.3 is 18.0 Å². The van der Waals surface area contributed by atoms with E-state index >= 15 is 0 Å². The lowest BCUT2D eigenvalue weighted by Gasteiger charge is -2.34. The van der Waals surface area contributed by atoms with E-state index in [-0.39, 0.29) is 0 Å². The zero-order valence-electron chi connectivity index (χ0n) is 7.02. The van der Waals surface area contributed by atoms with E-state index in [2.05, 4.69) is 0 Å². The number of hydrogen-bond acceptors (Lipinski definition) is 0. The van der Waals surface area contributed by atoms with Crippen molar-refractivity contribution in [1.29, 1.82) is 0 Å². The fraction of sp³-hybridized carbons (Fsp3) is 1.00. The molecule has 0 spiro atoms. The average Bonchev–Trinajstić information content (AvgIpc) is 1.81. The van der Waals surface area contributed by atoms with Gasteiger partial charge in [-0.05, 0) is 6.92 Å². The SMILES string of the molecule is CC(F)(F)C(F)(F)C(C)(F)C(F)(F)F. The van der Waals surface area contributed by atoms with Crippen LogP contribution in [0.25, 0.3) is 0 Å². The molecular weight excluding hydrogens is 224 g/mol. The van der Waals surface area contributed by atoms with Crippen LogP contribution in [0.1, 0.15) is 13.8 Å². The van der Waals surface area contributed by atoms with Crippen LogP contribution in [-0.4, -0.2) is 23.7 Å². The third-order valence-corrected chi connectivity index (χ3v) is 1.67. The lowest BCUT2D eigenvalue weighted by molar-refractivity contribution is -0.343. The summed E-state index contributed by atoms with van der Waals surface area (Å²) in [6.07, 6.45) is -6.06. The van der Waals surface area contributed by atoms with Gasteiger partial charge in [0.05, 0.1) is 0 Å². The van der Waals surface area contributed by atoms with E-state index in [0.29, 0.717) is 0 Å². The molecule has 0 aromatic rings. The Kier molecular flexibility index (Phi) is 2.84. The Hall–Kier alpha value is -0.560. The molecule has 0 saturated heterocycles. The maximum atomic E-state index is 12.5. The summed E-state index contributed by atoms with van der Waals surface area (Å²) in [5.74, 6) is -10.9. The second-order valence-corrected chi connectivity index (χ2v) is 2.96. The molecule has 0 aliphatic heterocycles. The van der Waals surface area contributed by atoms with E-state index in [1.807, 2.05) is 0 Å². The summed E-state index contributed by atoms with van der Waals surface area (Å²) in [5.41, 5.74) is -5.27. The van der Waals surface area contributed by atoms with Crippen LogP contribution in [0.3, 0.4) is 0 Å². The Labute approximate surface area is 73.9 Å². The van der Waals surface area contributed by atoms with Crippen LogP contribution in [0, 0.1) is 0 Å². The minimum absolute atomic E-state index is 0.476. The molecule has 0 bridgehead atoms. The summed E-state index contributed by atoms with van der Waals surface area (Å²) in [6, 6.07) is 0. The van der Waals surface area contributed by atoms with Crippen molar-refractivity contribution in [2.24, 2.45) is 0 Å². The third-order valence-electron chi connectivity index (χ3n) is 1.67. The zero-order chi connectivity index (χ0) is 12.0. The number of rotatable bonds is 2. The second kappa shape index (κ2) is 2.96. The highest BCUT2D eigenvalue weighted by molar-refractivity contribution is 5.02. The molecule has 0 aliphatic rings. The zero-order valence-corrected chi connectivity index (χ0v) is 7.02. The summed E-state index contributed by atoms with van der Waals surface area (Å²) in [4.78, 5) is 0. The molecule has 8 heteroatoms. The van der Waals surface area contributed by atoms with E-state index < -0.39 is 37.5 Å². The molecule has 0 amide bonds. The first kappa shape index (κ1) is 13.4. The Morgan fingerprint density at radius 1 is 0.643 bits per heavy atom. The van der Waals surface area contributed by atoms with Gasteiger partial charge in [-0.25, -0.2) is 13.2 Å². The Morgan fingerprint density at radius 3 is 1.00 bits per heavy atom. The monoisotopic (exact) mass is 230 g/mol. The van der Waals surface area contributed by atoms with Gasteiger partial charge in [0.1, 0.15) is 0 Å². The third kappa shape index (κ3) is 1.78. The van der Waals surface area contributed by atoms with Gasteiger partial charge in [-0.3, -0.25) is 0 Å². The Bertz CT molecular complexity index is 183. The normalized spacial score (nSPS) is 19.3. The highest BCUT2D eigenvalue weighted by Crippen LogP contribution is 2.51. The van der Waals surface area contributed by atoms with Gasteiger partial charge in [0.2, 0.25) is 0 Å². The predicted octanol–water partition coefficient (Wildman–Crippen LogP) is 3.57. The molecule has 0 saturated carbocycles. The largest absolute Gasteiger partial charge is 0.428 e. The summed E-state index contributed by atoms with van der Waals surface area (Å²) in [6.45, 7) is -1.10. The minimum atomic E-state index is -6.06. The summed E-state index contributed by atoms with van der Waals surface area (Å²) < 4.78 is 96.3. The smallest absolute Gasteiger partial charge is 0.227 e. The van der Waals surface area contributed by atoms with Crippen LogP contribution in [0.5, 0.6) is 0 Å². The minimum Gasteiger partial charge on any atom is -0.227 e. The summed E-state index contributed by atoms with van der Waals surface area (Å²) in [5, 5.41) is 0. The van der Waals surface area contributed by atoms with E-state index in [4.69, 9.17) is 0 Å². The Morgan fingerprint density at radius 2 is 0.929 bits per heavy atom. The van der Waals surface area contributed by atoms with E-state index in [0.717, 1.165) is 0 Å². The van der Waals surface area contributed by atoms with E-state index in [1.54, 1.807) is 0 Å². The van der Waals surface area contributed by atoms with Crippen molar-refractivity contribution in [3.63, 3.8) is 0 Å². The van der Waals surface area contributed by atoms with Crippen molar-refractivity contribution in [2.75, 3.05) is 0 Å². The molecule has 0 radical (unpaired) electrons. The molecule has 1 atom stereocenters. The Balaban J connectivity index is 5.30. The topological polar surface area (TPSA) is 0 Å². The maximum Gasteiger partial charge on any atom is 0.428 e. The van der Waals surface area contributed by atoms with Gasteiger partial charge in [-0.1, -0.05) is 0 Å². The van der Waals surface area contributed by atoms with Gasteiger partial charge in [0, 0.05) is 6.92 Å². The molecule has 0 aromatic heterocycles. The van der Waals surface area contributed by atoms with Gasteiger partial charge in [-0.2, -0.15) is 22.0 Å². The lowest BCUT2D eigenvalue weighted by Crippen LogP contribution is -2.60. The fourth-order valence-electron chi connectivity index (χ4n) is 0.590. The summed E-state index contributed by atoms with van der Waals surface area (Å²) in [7, 11) is 0.